The molecule has 0 atom stereocenters. The Hall–Kier alpha value is -2.10. The van der Waals surface area contributed by atoms with E-state index >= 15 is 0 Å². The monoisotopic (exact) mass is 540 g/mol. The quantitative estimate of drug-likeness (QED) is 0.288. The average Bonchev–Trinajstić information content (AvgIpc) is 3.09. The molecule has 1 amide bonds. The van der Waals surface area contributed by atoms with Crippen molar-refractivity contribution in [1.29, 1.82) is 0 Å². The van der Waals surface area contributed by atoms with Gasteiger partial charge in [0.25, 0.3) is 5.91 Å². The summed E-state index contributed by atoms with van der Waals surface area (Å²) < 4.78 is 1.87. The van der Waals surface area contributed by atoms with Gasteiger partial charge in [-0.25, -0.2) is 4.99 Å². The van der Waals surface area contributed by atoms with Crippen molar-refractivity contribution in [2.45, 2.75) is 53.1 Å². The lowest BCUT2D eigenvalue weighted by molar-refractivity contribution is 0.0953. The first-order valence-corrected chi connectivity index (χ1v) is 10.7. The Morgan fingerprint density at radius 2 is 2.00 bits per heavy atom. The van der Waals surface area contributed by atoms with E-state index < -0.39 is 0 Å². The van der Waals surface area contributed by atoms with Gasteiger partial charge in [0.1, 0.15) is 0 Å². The van der Waals surface area contributed by atoms with E-state index in [0.717, 1.165) is 36.7 Å². The van der Waals surface area contributed by atoms with Crippen molar-refractivity contribution in [2.24, 2.45) is 12.0 Å². The largest absolute Gasteiger partial charge is 0.357 e. The molecular formula is C23H37IN6O. The number of benzene rings is 1. The molecule has 1 heterocycles. The van der Waals surface area contributed by atoms with E-state index in [-0.39, 0.29) is 29.9 Å². The molecule has 8 heteroatoms. The lowest BCUT2D eigenvalue weighted by atomic mass is 10.1. The average molecular weight is 540 g/mol. The van der Waals surface area contributed by atoms with Gasteiger partial charge in [0.2, 0.25) is 0 Å². The fourth-order valence-electron chi connectivity index (χ4n) is 3.28. The number of amides is 1. The van der Waals surface area contributed by atoms with E-state index in [2.05, 4.69) is 47.6 Å². The topological polar surface area (TPSA) is 74.6 Å². The normalized spacial score (nSPS) is 11.3. The second kappa shape index (κ2) is 13.3. The number of hydrogen-bond acceptors (Lipinski definition) is 3. The first kappa shape index (κ1) is 26.9. The molecule has 0 aliphatic rings. The fourth-order valence-corrected chi connectivity index (χ4v) is 3.28. The van der Waals surface area contributed by atoms with Gasteiger partial charge in [-0.15, -0.1) is 24.0 Å². The highest BCUT2D eigenvalue weighted by Crippen LogP contribution is 2.18. The SMILES string of the molecule is CCCNC(=O)c1cccc(CN=C(NCC)N(C)Cc2cn(C)nc2C(C)C)c1.I. The van der Waals surface area contributed by atoms with Crippen LogP contribution in [0.4, 0.5) is 0 Å². The van der Waals surface area contributed by atoms with Crippen LogP contribution >= 0.6 is 24.0 Å². The van der Waals surface area contributed by atoms with Crippen LogP contribution in [0.25, 0.3) is 0 Å². The lowest BCUT2D eigenvalue weighted by Gasteiger charge is -2.22. The van der Waals surface area contributed by atoms with Crippen LogP contribution in [0.2, 0.25) is 0 Å². The second-order valence-corrected chi connectivity index (χ2v) is 7.85. The number of nitrogens with one attached hydrogen (secondary N) is 2. The first-order valence-electron chi connectivity index (χ1n) is 10.7. The van der Waals surface area contributed by atoms with Gasteiger partial charge in [-0.2, -0.15) is 5.10 Å². The van der Waals surface area contributed by atoms with Gasteiger partial charge >= 0.3 is 0 Å². The van der Waals surface area contributed by atoms with E-state index in [1.54, 1.807) is 0 Å². The number of rotatable bonds is 9. The highest BCUT2D eigenvalue weighted by molar-refractivity contribution is 14.0. The number of guanidine groups is 1. The molecule has 2 N–H and O–H groups in total. The highest BCUT2D eigenvalue weighted by Gasteiger charge is 2.15. The predicted octanol–water partition coefficient (Wildman–Crippen LogP) is 3.90. The molecule has 0 saturated heterocycles. The number of carbonyl (C=O) groups excluding carboxylic acids is 1. The second-order valence-electron chi connectivity index (χ2n) is 7.85. The van der Waals surface area contributed by atoms with Crippen molar-refractivity contribution in [2.75, 3.05) is 20.1 Å². The molecular weight excluding hydrogens is 503 g/mol. The van der Waals surface area contributed by atoms with Crippen LogP contribution in [-0.4, -0.2) is 46.7 Å². The Kier molecular flexibility index (Phi) is 11.6. The number of aryl methyl sites for hydroxylation is 1. The molecule has 0 aliphatic carbocycles. The van der Waals surface area contributed by atoms with Crippen LogP contribution in [0.15, 0.2) is 35.5 Å². The van der Waals surface area contributed by atoms with Gasteiger partial charge in [-0.05, 0) is 37.0 Å². The Morgan fingerprint density at radius 1 is 1.26 bits per heavy atom. The standard InChI is InChI=1S/C23H36N6O.HI/c1-7-12-25-22(30)19-11-9-10-18(13-19)14-26-23(24-8-2)28(5)15-20-16-29(6)27-21(20)17(3)4;/h9-11,13,16-17H,7-8,12,14-15H2,1-6H3,(H,24,26)(H,25,30);1H. The van der Waals surface area contributed by atoms with E-state index in [4.69, 9.17) is 4.99 Å². The van der Waals surface area contributed by atoms with Crippen molar-refractivity contribution >= 4 is 35.8 Å². The number of halogens is 1. The van der Waals surface area contributed by atoms with Crippen molar-refractivity contribution in [3.8, 4) is 0 Å². The van der Waals surface area contributed by atoms with Gasteiger partial charge < -0.3 is 15.5 Å². The number of aromatic nitrogens is 2. The maximum Gasteiger partial charge on any atom is 0.251 e. The Labute approximate surface area is 203 Å². The highest BCUT2D eigenvalue weighted by atomic mass is 127. The van der Waals surface area contributed by atoms with E-state index in [9.17, 15) is 4.79 Å². The van der Waals surface area contributed by atoms with Crippen molar-refractivity contribution in [1.82, 2.24) is 25.3 Å². The molecule has 0 spiro atoms. The molecule has 1 aromatic carbocycles. The zero-order valence-corrected chi connectivity index (χ0v) is 21.9. The summed E-state index contributed by atoms with van der Waals surface area (Å²) in [6.45, 7) is 11.1. The third kappa shape index (κ3) is 8.16. The molecule has 31 heavy (non-hydrogen) atoms. The summed E-state index contributed by atoms with van der Waals surface area (Å²) in [4.78, 5) is 19.1. The smallest absolute Gasteiger partial charge is 0.251 e. The minimum Gasteiger partial charge on any atom is -0.357 e. The number of nitrogens with zero attached hydrogens (tertiary/aromatic N) is 4. The Bertz CT molecular complexity index is 862. The van der Waals surface area contributed by atoms with Gasteiger partial charge in [0.15, 0.2) is 5.96 Å². The third-order valence-electron chi connectivity index (χ3n) is 4.72. The van der Waals surface area contributed by atoms with E-state index in [1.807, 2.05) is 50.0 Å². The zero-order valence-electron chi connectivity index (χ0n) is 19.6. The molecule has 0 unspecified atom stereocenters. The summed E-state index contributed by atoms with van der Waals surface area (Å²) in [6, 6.07) is 7.66. The predicted molar refractivity (Wildman–Crippen MR) is 138 cm³/mol. The summed E-state index contributed by atoms with van der Waals surface area (Å²) in [5.41, 5.74) is 4.00. The molecule has 7 nitrogen and oxygen atoms in total. The minimum atomic E-state index is -0.0375. The molecule has 0 saturated carbocycles. The summed E-state index contributed by atoms with van der Waals surface area (Å²) in [7, 11) is 3.99. The van der Waals surface area contributed by atoms with Crippen LogP contribution in [-0.2, 0) is 20.1 Å². The van der Waals surface area contributed by atoms with Gasteiger partial charge in [-0.3, -0.25) is 9.48 Å². The first-order chi connectivity index (χ1) is 14.3. The van der Waals surface area contributed by atoms with Crippen LogP contribution < -0.4 is 10.6 Å². The number of aliphatic imine (C=N–C) groups is 1. The van der Waals surface area contributed by atoms with Crippen LogP contribution in [0.3, 0.4) is 0 Å². The molecule has 0 bridgehead atoms. The summed E-state index contributed by atoms with van der Waals surface area (Å²) in [5.74, 6) is 1.16. The van der Waals surface area contributed by atoms with Crippen LogP contribution in [0, 0.1) is 0 Å². The van der Waals surface area contributed by atoms with Crippen molar-refractivity contribution in [3.63, 3.8) is 0 Å². The maximum absolute atomic E-state index is 12.2. The van der Waals surface area contributed by atoms with Crippen LogP contribution in [0.1, 0.15) is 67.2 Å². The van der Waals surface area contributed by atoms with Crippen LogP contribution in [0.5, 0.6) is 0 Å². The van der Waals surface area contributed by atoms with Gasteiger partial charge in [0, 0.05) is 51.1 Å². The molecule has 0 fully saturated rings. The Balaban J connectivity index is 0.00000480. The van der Waals surface area contributed by atoms with E-state index in [0.29, 0.717) is 24.6 Å². The third-order valence-corrected chi connectivity index (χ3v) is 4.72. The molecule has 1 aromatic heterocycles. The van der Waals surface area contributed by atoms with Gasteiger partial charge in [-0.1, -0.05) is 32.9 Å². The number of carbonyl (C=O) groups is 1. The Morgan fingerprint density at radius 3 is 2.65 bits per heavy atom. The molecule has 0 radical (unpaired) electrons. The zero-order chi connectivity index (χ0) is 22.1. The summed E-state index contributed by atoms with van der Waals surface area (Å²) >= 11 is 0. The molecule has 2 rings (SSSR count). The summed E-state index contributed by atoms with van der Waals surface area (Å²) in [5, 5.41) is 10.9. The number of hydrogen-bond donors (Lipinski definition) is 2. The fraction of sp³-hybridized carbons (Fsp3) is 0.522. The van der Waals surface area contributed by atoms with Gasteiger partial charge in [0.05, 0.1) is 12.2 Å². The maximum atomic E-state index is 12.2. The molecule has 0 aliphatic heterocycles. The molecule has 2 aromatic rings. The lowest BCUT2D eigenvalue weighted by Crippen LogP contribution is -2.38. The van der Waals surface area contributed by atoms with E-state index in [1.165, 1.54) is 5.56 Å². The molecule has 172 valence electrons. The summed E-state index contributed by atoms with van der Waals surface area (Å²) in [6.07, 6.45) is 3.00. The van der Waals surface area contributed by atoms with Crippen molar-refractivity contribution in [3.05, 3.63) is 52.8 Å². The minimum absolute atomic E-state index is 0. The van der Waals surface area contributed by atoms with Crippen molar-refractivity contribution < 1.29 is 4.79 Å².